The summed E-state index contributed by atoms with van der Waals surface area (Å²) in [7, 11) is 1.33. The number of hydrogen-bond acceptors (Lipinski definition) is 6. The van der Waals surface area contributed by atoms with Crippen molar-refractivity contribution in [1.29, 1.82) is 0 Å². The molecule has 0 saturated heterocycles. The van der Waals surface area contributed by atoms with Crippen molar-refractivity contribution < 1.29 is 23.8 Å². The number of esters is 1. The summed E-state index contributed by atoms with van der Waals surface area (Å²) >= 11 is 1.61. The van der Waals surface area contributed by atoms with Gasteiger partial charge in [0.1, 0.15) is 23.3 Å². The number of rotatable bonds is 12. The summed E-state index contributed by atoms with van der Waals surface area (Å²) in [6, 6.07) is 3.48. The third-order valence-electron chi connectivity index (χ3n) is 6.76. The number of carbonyl (C=O) groups excluding carboxylic acids is 2. The highest BCUT2D eigenvalue weighted by Gasteiger charge is 2.37. The Kier molecular flexibility index (Phi) is 10.1. The van der Waals surface area contributed by atoms with Crippen molar-refractivity contribution >= 4 is 23.6 Å². The lowest BCUT2D eigenvalue weighted by atomic mass is 9.74. The molecule has 1 aromatic rings. The van der Waals surface area contributed by atoms with E-state index in [1.807, 2.05) is 6.26 Å². The van der Waals surface area contributed by atoms with E-state index in [1.165, 1.54) is 12.7 Å². The number of hydrogen-bond donors (Lipinski definition) is 1. The van der Waals surface area contributed by atoms with Gasteiger partial charge in [0.05, 0.1) is 7.11 Å². The minimum absolute atomic E-state index is 0.118. The number of aryl methyl sites for hydroxylation is 1. The second-order valence-electron chi connectivity index (χ2n) is 9.43. The molecule has 0 bridgehead atoms. The number of carbonyl (C=O) groups is 2. The zero-order valence-corrected chi connectivity index (χ0v) is 22.3. The van der Waals surface area contributed by atoms with E-state index in [1.54, 1.807) is 11.8 Å². The van der Waals surface area contributed by atoms with Crippen LogP contribution in [0.25, 0.3) is 0 Å². The van der Waals surface area contributed by atoms with Gasteiger partial charge in [-0.15, -0.1) is 0 Å². The van der Waals surface area contributed by atoms with Crippen LogP contribution >= 0.6 is 11.8 Å². The highest BCUT2D eigenvalue weighted by molar-refractivity contribution is 7.98. The average Bonchev–Trinajstić information content (AvgIpc) is 2.84. The zero-order chi connectivity index (χ0) is 25.4. The molecule has 3 atom stereocenters. The number of nitrogens with one attached hydrogen (secondary N) is 1. The summed E-state index contributed by atoms with van der Waals surface area (Å²) in [5.74, 6) is 2.52. The molecule has 1 aromatic carbocycles. The number of unbranched alkanes of at least 4 members (excludes halogenated alkanes) is 2. The van der Waals surface area contributed by atoms with Crippen LogP contribution < -0.4 is 14.8 Å². The van der Waals surface area contributed by atoms with Crippen molar-refractivity contribution in [2.45, 2.75) is 70.8 Å². The van der Waals surface area contributed by atoms with E-state index < -0.39 is 12.0 Å². The molecule has 1 N–H and O–H groups in total. The van der Waals surface area contributed by atoms with Crippen LogP contribution in [0.3, 0.4) is 0 Å². The van der Waals surface area contributed by atoms with Gasteiger partial charge in [0.2, 0.25) is 0 Å². The summed E-state index contributed by atoms with van der Waals surface area (Å²) in [6.07, 6.45) is 11.1. The summed E-state index contributed by atoms with van der Waals surface area (Å²) < 4.78 is 17.2. The van der Waals surface area contributed by atoms with Gasteiger partial charge >= 0.3 is 5.97 Å². The van der Waals surface area contributed by atoms with E-state index in [0.717, 1.165) is 66.9 Å². The average molecular weight is 502 g/mol. The maximum atomic E-state index is 12.8. The third-order valence-corrected chi connectivity index (χ3v) is 7.40. The van der Waals surface area contributed by atoms with Gasteiger partial charge in [0.15, 0.2) is 6.61 Å². The van der Waals surface area contributed by atoms with E-state index in [2.05, 4.69) is 44.0 Å². The monoisotopic (exact) mass is 501 g/mol. The minimum atomic E-state index is -0.683. The molecule has 0 unspecified atom stereocenters. The highest BCUT2D eigenvalue weighted by atomic mass is 32.2. The van der Waals surface area contributed by atoms with Crippen LogP contribution in [-0.2, 0) is 20.7 Å². The number of amides is 1. The van der Waals surface area contributed by atoms with Crippen LogP contribution in [0, 0.1) is 5.92 Å². The molecule has 0 aromatic heterocycles. The van der Waals surface area contributed by atoms with Crippen molar-refractivity contribution in [2.75, 3.05) is 25.7 Å². The van der Waals surface area contributed by atoms with Crippen LogP contribution in [0.5, 0.6) is 11.5 Å². The van der Waals surface area contributed by atoms with Gasteiger partial charge in [-0.25, -0.2) is 4.79 Å². The molecular formula is C28H39NO5S. The Labute approximate surface area is 213 Å². The Balaban J connectivity index is 1.84. The third kappa shape index (κ3) is 7.06. The summed E-state index contributed by atoms with van der Waals surface area (Å²) in [5.41, 5.74) is 3.46. The minimum Gasteiger partial charge on any atom is -0.483 e. The topological polar surface area (TPSA) is 73.9 Å². The van der Waals surface area contributed by atoms with Gasteiger partial charge in [0, 0.05) is 17.4 Å². The van der Waals surface area contributed by atoms with Crippen LogP contribution in [0.2, 0.25) is 0 Å². The van der Waals surface area contributed by atoms with Gasteiger partial charge < -0.3 is 19.5 Å². The summed E-state index contributed by atoms with van der Waals surface area (Å²) in [5, 5.41) is 2.77. The molecular weight excluding hydrogens is 462 g/mol. The molecule has 2 aliphatic rings. The molecule has 192 valence electrons. The van der Waals surface area contributed by atoms with Gasteiger partial charge in [-0.1, -0.05) is 38.0 Å². The standard InChI is InChI=1S/C28H39NO5S/c1-6-7-8-9-20-15-24(33-17-26(30)29-23(12-13-35-5)28(31)32-4)27-22-14-18(2)10-11-21(22)19(3)34-25(27)16-20/h14-16,21-23H,3,6-13,17H2,1-2,4-5H3,(H,29,30)/t21-,22+,23-/m0/s1. The lowest BCUT2D eigenvalue weighted by Gasteiger charge is -2.37. The molecule has 7 heteroatoms. The maximum Gasteiger partial charge on any atom is 0.328 e. The lowest BCUT2D eigenvalue weighted by Crippen LogP contribution is -2.44. The fourth-order valence-corrected chi connectivity index (χ4v) is 5.32. The molecule has 6 nitrogen and oxygen atoms in total. The fraction of sp³-hybridized carbons (Fsp3) is 0.571. The highest BCUT2D eigenvalue weighted by Crippen LogP contribution is 2.51. The maximum absolute atomic E-state index is 12.8. The first kappa shape index (κ1) is 27.2. The quantitative estimate of drug-likeness (QED) is 0.230. The smallest absolute Gasteiger partial charge is 0.328 e. The van der Waals surface area contributed by atoms with Crippen LogP contribution in [-0.4, -0.2) is 43.6 Å². The predicted octanol–water partition coefficient (Wildman–Crippen LogP) is 5.56. The number of benzene rings is 1. The van der Waals surface area contributed by atoms with Crippen LogP contribution in [0.15, 0.2) is 36.1 Å². The van der Waals surface area contributed by atoms with Gasteiger partial charge in [0.25, 0.3) is 5.91 Å². The zero-order valence-electron chi connectivity index (χ0n) is 21.5. The van der Waals surface area contributed by atoms with E-state index in [4.69, 9.17) is 14.2 Å². The van der Waals surface area contributed by atoms with Crippen molar-refractivity contribution in [3.63, 3.8) is 0 Å². The molecule has 1 heterocycles. The molecule has 0 spiro atoms. The fourth-order valence-electron chi connectivity index (χ4n) is 4.85. The second kappa shape index (κ2) is 13.1. The number of ether oxygens (including phenoxy) is 3. The molecule has 3 rings (SSSR count). The molecule has 1 aliphatic carbocycles. The molecule has 0 saturated carbocycles. The van der Waals surface area contributed by atoms with E-state index in [-0.39, 0.29) is 24.3 Å². The molecule has 0 fully saturated rings. The number of fused-ring (bicyclic) bond motifs is 3. The summed E-state index contributed by atoms with van der Waals surface area (Å²) in [4.78, 5) is 24.8. The first-order chi connectivity index (χ1) is 16.9. The van der Waals surface area contributed by atoms with Crippen LogP contribution in [0.1, 0.15) is 69.4 Å². The van der Waals surface area contributed by atoms with E-state index >= 15 is 0 Å². The Morgan fingerprint density at radius 2 is 2.11 bits per heavy atom. The van der Waals surface area contributed by atoms with Crippen molar-refractivity contribution in [3.8, 4) is 11.5 Å². The first-order valence-electron chi connectivity index (χ1n) is 12.6. The van der Waals surface area contributed by atoms with Gasteiger partial charge in [-0.05, 0) is 68.7 Å². The van der Waals surface area contributed by atoms with Gasteiger partial charge in [-0.2, -0.15) is 11.8 Å². The van der Waals surface area contributed by atoms with Crippen molar-refractivity contribution in [1.82, 2.24) is 5.32 Å². The van der Waals surface area contributed by atoms with Crippen molar-refractivity contribution in [3.05, 3.63) is 47.2 Å². The number of thioether (sulfide) groups is 1. The number of methoxy groups -OCH3 is 1. The Bertz CT molecular complexity index is 957. The van der Waals surface area contributed by atoms with Crippen molar-refractivity contribution in [2.24, 2.45) is 5.92 Å². The molecule has 1 aliphatic heterocycles. The Hall–Kier alpha value is -2.41. The SMILES string of the molecule is C=C1Oc2cc(CCCCC)cc(OCC(=O)N[C@@H](CCSC)C(=O)OC)c2[C@@H]2C=C(C)CC[C@@H]12. The largest absolute Gasteiger partial charge is 0.483 e. The first-order valence-corrected chi connectivity index (χ1v) is 14.0. The molecule has 0 radical (unpaired) electrons. The van der Waals surface area contributed by atoms with Gasteiger partial charge in [-0.3, -0.25) is 4.79 Å². The summed E-state index contributed by atoms with van der Waals surface area (Å²) in [6.45, 7) is 8.37. The predicted molar refractivity (Wildman–Crippen MR) is 141 cm³/mol. The normalized spacial score (nSPS) is 19.5. The Morgan fingerprint density at radius 3 is 2.83 bits per heavy atom. The molecule has 1 amide bonds. The number of allylic oxidation sites excluding steroid dienone is 3. The Morgan fingerprint density at radius 1 is 1.31 bits per heavy atom. The lowest BCUT2D eigenvalue weighted by molar-refractivity contribution is -0.145. The van der Waals surface area contributed by atoms with E-state index in [9.17, 15) is 9.59 Å². The second-order valence-corrected chi connectivity index (χ2v) is 10.4. The van der Waals surface area contributed by atoms with Crippen LogP contribution in [0.4, 0.5) is 0 Å². The molecule has 35 heavy (non-hydrogen) atoms. The van der Waals surface area contributed by atoms with E-state index in [0.29, 0.717) is 12.2 Å².